The van der Waals surface area contributed by atoms with Gasteiger partial charge in [-0.25, -0.2) is 4.39 Å². The number of furan rings is 1. The number of rotatable bonds is 6. The Labute approximate surface area is 129 Å². The van der Waals surface area contributed by atoms with Crippen LogP contribution < -0.4 is 15.4 Å². The van der Waals surface area contributed by atoms with Crippen LogP contribution in [0.3, 0.4) is 0 Å². The van der Waals surface area contributed by atoms with E-state index in [1.165, 1.54) is 19.2 Å². The lowest BCUT2D eigenvalue weighted by atomic mass is 10.2. The van der Waals surface area contributed by atoms with Crippen LogP contribution in [0.25, 0.3) is 0 Å². The van der Waals surface area contributed by atoms with Gasteiger partial charge in [0.1, 0.15) is 17.3 Å². The second kappa shape index (κ2) is 8.07. The zero-order valence-corrected chi connectivity index (χ0v) is 12.7. The summed E-state index contributed by atoms with van der Waals surface area (Å²) in [6.45, 7) is 1.15. The van der Waals surface area contributed by atoms with Crippen LogP contribution >= 0.6 is 0 Å². The zero-order valence-electron chi connectivity index (χ0n) is 12.7. The Bertz CT molecular complexity index is 612. The third kappa shape index (κ3) is 4.80. The highest BCUT2D eigenvalue weighted by molar-refractivity contribution is 5.79. The number of ether oxygens (including phenoxy) is 1. The Morgan fingerprint density at radius 3 is 2.86 bits per heavy atom. The maximum Gasteiger partial charge on any atom is 0.191 e. The Hall–Kier alpha value is -2.50. The Morgan fingerprint density at radius 1 is 1.32 bits per heavy atom. The summed E-state index contributed by atoms with van der Waals surface area (Å²) in [4.78, 5) is 4.13. The summed E-state index contributed by atoms with van der Waals surface area (Å²) >= 11 is 0. The minimum atomic E-state index is -0.322. The van der Waals surface area contributed by atoms with Crippen molar-refractivity contribution in [3.8, 4) is 5.75 Å². The third-order valence-electron chi connectivity index (χ3n) is 3.09. The minimum Gasteiger partial charge on any atom is -0.497 e. The SMILES string of the molecule is CN=C(NCCc1ccco1)NCc1cc(F)cc(OC)c1. The van der Waals surface area contributed by atoms with Gasteiger partial charge in [-0.3, -0.25) is 4.99 Å². The predicted molar refractivity (Wildman–Crippen MR) is 83.6 cm³/mol. The normalized spacial score (nSPS) is 11.3. The van der Waals surface area contributed by atoms with Crippen molar-refractivity contribution >= 4 is 5.96 Å². The van der Waals surface area contributed by atoms with Crippen LogP contribution in [0.4, 0.5) is 4.39 Å². The number of hydrogen-bond donors (Lipinski definition) is 2. The number of nitrogens with zero attached hydrogens (tertiary/aromatic N) is 1. The van der Waals surface area contributed by atoms with Gasteiger partial charge in [-0.1, -0.05) is 0 Å². The molecule has 0 saturated heterocycles. The summed E-state index contributed by atoms with van der Waals surface area (Å²) in [5.74, 6) is 1.74. The highest BCUT2D eigenvalue weighted by atomic mass is 19.1. The highest BCUT2D eigenvalue weighted by Crippen LogP contribution is 2.15. The molecule has 5 nitrogen and oxygen atoms in total. The molecular weight excluding hydrogens is 285 g/mol. The van der Waals surface area contributed by atoms with Gasteiger partial charge in [-0.05, 0) is 29.8 Å². The summed E-state index contributed by atoms with van der Waals surface area (Å²) in [5.41, 5.74) is 0.783. The van der Waals surface area contributed by atoms with Crippen molar-refractivity contribution in [1.29, 1.82) is 0 Å². The first-order valence-electron chi connectivity index (χ1n) is 7.01. The van der Waals surface area contributed by atoms with Crippen molar-refractivity contribution in [2.75, 3.05) is 20.7 Å². The van der Waals surface area contributed by atoms with Crippen LogP contribution in [0.2, 0.25) is 0 Å². The number of aliphatic imine (C=N–C) groups is 1. The van der Waals surface area contributed by atoms with Crippen LogP contribution in [0.15, 0.2) is 46.0 Å². The van der Waals surface area contributed by atoms with Gasteiger partial charge in [0.05, 0.1) is 13.4 Å². The standard InChI is InChI=1S/C16H20FN3O2/c1-18-16(19-6-5-14-4-3-7-22-14)20-11-12-8-13(17)10-15(9-12)21-2/h3-4,7-10H,5-6,11H2,1-2H3,(H2,18,19,20). The average Bonchev–Trinajstić information content (AvgIpc) is 3.03. The van der Waals surface area contributed by atoms with Gasteiger partial charge in [0.15, 0.2) is 5.96 Å². The number of hydrogen-bond acceptors (Lipinski definition) is 3. The van der Waals surface area contributed by atoms with E-state index < -0.39 is 0 Å². The molecule has 1 heterocycles. The number of guanidine groups is 1. The van der Waals surface area contributed by atoms with Crippen molar-refractivity contribution in [2.24, 2.45) is 4.99 Å². The molecule has 0 aliphatic heterocycles. The molecule has 118 valence electrons. The molecule has 2 rings (SSSR count). The van der Waals surface area contributed by atoms with E-state index in [1.54, 1.807) is 19.4 Å². The van der Waals surface area contributed by atoms with E-state index >= 15 is 0 Å². The van der Waals surface area contributed by atoms with E-state index in [0.29, 0.717) is 24.8 Å². The zero-order chi connectivity index (χ0) is 15.8. The van der Waals surface area contributed by atoms with E-state index in [1.807, 2.05) is 12.1 Å². The molecule has 1 aromatic heterocycles. The molecule has 0 radical (unpaired) electrons. The number of benzene rings is 1. The van der Waals surface area contributed by atoms with Crippen molar-refractivity contribution in [2.45, 2.75) is 13.0 Å². The van der Waals surface area contributed by atoms with E-state index in [4.69, 9.17) is 9.15 Å². The fourth-order valence-corrected chi connectivity index (χ4v) is 2.01. The first-order chi connectivity index (χ1) is 10.7. The molecule has 1 aromatic carbocycles. The molecule has 0 saturated carbocycles. The molecule has 0 spiro atoms. The van der Waals surface area contributed by atoms with Gasteiger partial charge >= 0.3 is 0 Å². The summed E-state index contributed by atoms with van der Waals surface area (Å²) in [5, 5.41) is 6.31. The molecule has 0 aliphatic rings. The second-order valence-corrected chi connectivity index (χ2v) is 4.68. The summed E-state index contributed by atoms with van der Waals surface area (Å²) < 4.78 is 23.7. The quantitative estimate of drug-likeness (QED) is 0.635. The van der Waals surface area contributed by atoms with Crippen LogP contribution in [0, 0.1) is 5.82 Å². The largest absolute Gasteiger partial charge is 0.497 e. The number of halogens is 1. The Morgan fingerprint density at radius 2 is 2.18 bits per heavy atom. The smallest absolute Gasteiger partial charge is 0.191 e. The van der Waals surface area contributed by atoms with Crippen LogP contribution in [0.5, 0.6) is 5.75 Å². The van der Waals surface area contributed by atoms with Crippen LogP contribution in [0.1, 0.15) is 11.3 Å². The van der Waals surface area contributed by atoms with Gasteiger partial charge in [-0.2, -0.15) is 0 Å². The summed E-state index contributed by atoms with van der Waals surface area (Å²) in [7, 11) is 3.20. The molecule has 0 atom stereocenters. The first kappa shape index (κ1) is 15.9. The van der Waals surface area contributed by atoms with E-state index in [2.05, 4.69) is 15.6 Å². The molecule has 6 heteroatoms. The third-order valence-corrected chi connectivity index (χ3v) is 3.09. The lowest BCUT2D eigenvalue weighted by molar-refractivity contribution is 0.410. The summed E-state index contributed by atoms with van der Waals surface area (Å²) in [6.07, 6.45) is 2.42. The molecule has 0 bridgehead atoms. The Kier molecular flexibility index (Phi) is 5.82. The fourth-order valence-electron chi connectivity index (χ4n) is 2.01. The number of nitrogens with one attached hydrogen (secondary N) is 2. The van der Waals surface area contributed by atoms with Crippen LogP contribution in [-0.4, -0.2) is 26.7 Å². The second-order valence-electron chi connectivity index (χ2n) is 4.68. The first-order valence-corrected chi connectivity index (χ1v) is 7.01. The van der Waals surface area contributed by atoms with Gasteiger partial charge in [0, 0.05) is 32.6 Å². The molecule has 2 aromatic rings. The molecule has 0 amide bonds. The molecule has 22 heavy (non-hydrogen) atoms. The maximum absolute atomic E-state index is 13.4. The molecule has 0 fully saturated rings. The average molecular weight is 305 g/mol. The van der Waals surface area contributed by atoms with Crippen molar-refractivity contribution in [3.63, 3.8) is 0 Å². The van der Waals surface area contributed by atoms with Gasteiger partial charge < -0.3 is 19.8 Å². The topological polar surface area (TPSA) is 58.8 Å². The minimum absolute atomic E-state index is 0.322. The van der Waals surface area contributed by atoms with Gasteiger partial charge in [0.2, 0.25) is 0 Å². The Balaban J connectivity index is 1.82. The highest BCUT2D eigenvalue weighted by Gasteiger charge is 2.03. The monoisotopic (exact) mass is 305 g/mol. The lowest BCUT2D eigenvalue weighted by Gasteiger charge is -2.12. The van der Waals surface area contributed by atoms with Gasteiger partial charge in [0.25, 0.3) is 0 Å². The number of methoxy groups -OCH3 is 1. The van der Waals surface area contributed by atoms with E-state index in [9.17, 15) is 4.39 Å². The molecule has 2 N–H and O–H groups in total. The van der Waals surface area contributed by atoms with Crippen molar-refractivity contribution < 1.29 is 13.5 Å². The van der Waals surface area contributed by atoms with Crippen molar-refractivity contribution in [3.05, 3.63) is 53.7 Å². The maximum atomic E-state index is 13.4. The van der Waals surface area contributed by atoms with E-state index in [0.717, 1.165) is 17.7 Å². The van der Waals surface area contributed by atoms with Crippen LogP contribution in [-0.2, 0) is 13.0 Å². The van der Waals surface area contributed by atoms with E-state index in [-0.39, 0.29) is 5.82 Å². The molecule has 0 unspecified atom stereocenters. The summed E-state index contributed by atoms with van der Waals surface area (Å²) in [6, 6.07) is 8.38. The molecule has 0 aliphatic carbocycles. The van der Waals surface area contributed by atoms with Crippen molar-refractivity contribution in [1.82, 2.24) is 10.6 Å². The lowest BCUT2D eigenvalue weighted by Crippen LogP contribution is -2.37. The van der Waals surface area contributed by atoms with Gasteiger partial charge in [-0.15, -0.1) is 0 Å². The predicted octanol–water partition coefficient (Wildman–Crippen LogP) is 2.34. The fraction of sp³-hybridized carbons (Fsp3) is 0.312. The molecular formula is C16H20FN3O2.